The lowest BCUT2D eigenvalue weighted by molar-refractivity contribution is -0.117. The maximum atomic E-state index is 12.3. The monoisotopic (exact) mass is 361 g/mol. The van der Waals surface area contributed by atoms with E-state index in [1.165, 1.54) is 5.69 Å². The van der Waals surface area contributed by atoms with Crippen LogP contribution in [-0.4, -0.2) is 28.5 Å². The Morgan fingerprint density at radius 2 is 2.09 bits per heavy atom. The minimum atomic E-state index is 0.0448. The average molecular weight is 362 g/mol. The molecule has 2 heterocycles. The lowest BCUT2D eigenvalue weighted by Crippen LogP contribution is -2.33. The van der Waals surface area contributed by atoms with Gasteiger partial charge >= 0.3 is 0 Å². The molecule has 1 atom stereocenters. The van der Waals surface area contributed by atoms with E-state index in [9.17, 15) is 4.79 Å². The predicted octanol–water partition coefficient (Wildman–Crippen LogP) is 3.56. The van der Waals surface area contributed by atoms with Crippen molar-refractivity contribution < 1.29 is 4.79 Å². The summed E-state index contributed by atoms with van der Waals surface area (Å²) in [6.45, 7) is 1.41. The van der Waals surface area contributed by atoms with Crippen molar-refractivity contribution in [1.29, 1.82) is 0 Å². The second kappa shape index (κ2) is 6.67. The summed E-state index contributed by atoms with van der Waals surface area (Å²) in [6.07, 6.45) is 4.32. The molecule has 0 bridgehead atoms. The highest BCUT2D eigenvalue weighted by Crippen LogP contribution is 2.31. The molecule has 4 nitrogen and oxygen atoms in total. The van der Waals surface area contributed by atoms with Crippen molar-refractivity contribution in [3.63, 3.8) is 0 Å². The Balaban J connectivity index is 1.63. The van der Waals surface area contributed by atoms with Gasteiger partial charge in [0.15, 0.2) is 0 Å². The number of nitrogens with zero attached hydrogens (tertiary/aromatic N) is 2. The van der Waals surface area contributed by atoms with Gasteiger partial charge in [0.2, 0.25) is 5.91 Å². The first-order valence-corrected chi connectivity index (χ1v) is 8.33. The molecule has 1 aliphatic heterocycles. The van der Waals surface area contributed by atoms with Gasteiger partial charge in [-0.1, -0.05) is 15.9 Å². The summed E-state index contributed by atoms with van der Waals surface area (Å²) in [7, 11) is 2.06. The summed E-state index contributed by atoms with van der Waals surface area (Å²) in [5.41, 5.74) is 2.12. The number of hydrogen-bond donors (Lipinski definition) is 1. The van der Waals surface area contributed by atoms with Crippen LogP contribution >= 0.6 is 15.9 Å². The molecule has 1 aromatic carbocycles. The Hall–Kier alpha value is -1.59. The number of carbonyl (C=O) groups excluding carboxylic acids is 1. The van der Waals surface area contributed by atoms with Gasteiger partial charge in [0.1, 0.15) is 0 Å². The number of hydrogen-bond acceptors (Lipinski definition) is 2. The van der Waals surface area contributed by atoms with Crippen molar-refractivity contribution in [1.82, 2.24) is 9.47 Å². The molecule has 0 radical (unpaired) electrons. The van der Waals surface area contributed by atoms with Crippen LogP contribution in [0.2, 0.25) is 0 Å². The summed E-state index contributed by atoms with van der Waals surface area (Å²) >= 11 is 3.40. The van der Waals surface area contributed by atoms with Crippen LogP contribution in [0.1, 0.15) is 24.6 Å². The van der Waals surface area contributed by atoms with Crippen molar-refractivity contribution in [3.05, 3.63) is 52.8 Å². The summed E-state index contributed by atoms with van der Waals surface area (Å²) in [6, 6.07) is 12.2. The van der Waals surface area contributed by atoms with Crippen molar-refractivity contribution in [2.24, 2.45) is 7.05 Å². The Kier molecular flexibility index (Phi) is 4.64. The highest BCUT2D eigenvalue weighted by atomic mass is 79.9. The van der Waals surface area contributed by atoms with Gasteiger partial charge in [0, 0.05) is 29.1 Å². The summed E-state index contributed by atoms with van der Waals surface area (Å²) in [5, 5.41) is 2.97. The second-order valence-electron chi connectivity index (χ2n) is 5.73. The highest BCUT2D eigenvalue weighted by Gasteiger charge is 2.28. The number of benzene rings is 1. The fourth-order valence-electron chi connectivity index (χ4n) is 3.09. The third-order valence-electron chi connectivity index (χ3n) is 4.16. The molecule has 1 aliphatic rings. The van der Waals surface area contributed by atoms with E-state index in [1.807, 2.05) is 24.3 Å². The maximum absolute atomic E-state index is 12.3. The zero-order valence-corrected chi connectivity index (χ0v) is 14.2. The van der Waals surface area contributed by atoms with Gasteiger partial charge in [0.25, 0.3) is 0 Å². The van der Waals surface area contributed by atoms with Gasteiger partial charge in [-0.2, -0.15) is 0 Å². The summed E-state index contributed by atoms with van der Waals surface area (Å²) in [5.74, 6) is 0.0448. The van der Waals surface area contributed by atoms with Gasteiger partial charge in [-0.05, 0) is 55.8 Å². The van der Waals surface area contributed by atoms with Crippen molar-refractivity contribution >= 4 is 27.5 Å². The molecule has 1 aromatic heterocycles. The fraction of sp³-hybridized carbons (Fsp3) is 0.353. The third kappa shape index (κ3) is 3.42. The number of carbonyl (C=O) groups is 1. The van der Waals surface area contributed by atoms with Crippen LogP contribution in [0.25, 0.3) is 0 Å². The van der Waals surface area contributed by atoms with E-state index in [-0.39, 0.29) is 5.91 Å². The van der Waals surface area contributed by atoms with Crippen LogP contribution in [0.15, 0.2) is 47.1 Å². The minimum Gasteiger partial charge on any atom is -0.353 e. The molecule has 3 rings (SSSR count). The first-order valence-electron chi connectivity index (χ1n) is 7.54. The minimum absolute atomic E-state index is 0.0448. The van der Waals surface area contributed by atoms with Crippen LogP contribution < -0.4 is 5.32 Å². The highest BCUT2D eigenvalue weighted by molar-refractivity contribution is 9.10. The molecule has 0 spiro atoms. The van der Waals surface area contributed by atoms with Gasteiger partial charge in [-0.25, -0.2) is 0 Å². The van der Waals surface area contributed by atoms with Crippen LogP contribution in [-0.2, 0) is 11.8 Å². The van der Waals surface area contributed by atoms with E-state index in [0.29, 0.717) is 12.6 Å². The number of aryl methyl sites for hydroxylation is 1. The molecule has 0 aliphatic carbocycles. The number of rotatable bonds is 4. The SMILES string of the molecule is Cn1cccc1[C@@H]1CCCN1CC(=O)Nc1ccc(Br)cc1. The maximum Gasteiger partial charge on any atom is 0.238 e. The molecular weight excluding hydrogens is 342 g/mol. The zero-order chi connectivity index (χ0) is 15.5. The van der Waals surface area contributed by atoms with Gasteiger partial charge < -0.3 is 9.88 Å². The van der Waals surface area contributed by atoms with Gasteiger partial charge in [-0.3, -0.25) is 9.69 Å². The molecule has 1 saturated heterocycles. The average Bonchev–Trinajstić information content (AvgIpc) is 3.10. The smallest absolute Gasteiger partial charge is 0.238 e. The fourth-order valence-corrected chi connectivity index (χ4v) is 3.35. The van der Waals surface area contributed by atoms with E-state index < -0.39 is 0 Å². The first kappa shape index (κ1) is 15.3. The second-order valence-corrected chi connectivity index (χ2v) is 6.64. The normalized spacial score (nSPS) is 18.5. The molecular formula is C17H20BrN3O. The lowest BCUT2D eigenvalue weighted by Gasteiger charge is -2.24. The zero-order valence-electron chi connectivity index (χ0n) is 12.6. The van der Waals surface area contributed by atoms with Crippen LogP contribution in [0.5, 0.6) is 0 Å². The molecule has 22 heavy (non-hydrogen) atoms. The molecule has 116 valence electrons. The molecule has 1 amide bonds. The molecule has 1 fully saturated rings. The third-order valence-corrected chi connectivity index (χ3v) is 4.69. The summed E-state index contributed by atoms with van der Waals surface area (Å²) in [4.78, 5) is 14.5. The largest absolute Gasteiger partial charge is 0.353 e. The van der Waals surface area contributed by atoms with Crippen LogP contribution in [0.4, 0.5) is 5.69 Å². The van der Waals surface area contributed by atoms with Crippen LogP contribution in [0, 0.1) is 0 Å². The Morgan fingerprint density at radius 1 is 1.32 bits per heavy atom. The quantitative estimate of drug-likeness (QED) is 0.903. The van der Waals surface area contributed by atoms with Gasteiger partial charge in [0.05, 0.1) is 12.6 Å². The Morgan fingerprint density at radius 3 is 2.77 bits per heavy atom. The topological polar surface area (TPSA) is 37.3 Å². The molecule has 1 N–H and O–H groups in total. The Bertz CT molecular complexity index is 650. The predicted molar refractivity (Wildman–Crippen MR) is 91.7 cm³/mol. The standard InChI is InChI=1S/C17H20BrN3O/c1-20-10-2-4-15(20)16-5-3-11-21(16)12-17(22)19-14-8-6-13(18)7-9-14/h2,4,6-10,16H,3,5,11-12H2,1H3,(H,19,22)/t16-/m0/s1. The molecule has 0 unspecified atom stereocenters. The van der Waals surface area contributed by atoms with E-state index in [0.717, 1.165) is 29.5 Å². The van der Waals surface area contributed by atoms with Gasteiger partial charge in [-0.15, -0.1) is 0 Å². The Labute approximate surface area is 139 Å². The van der Waals surface area contributed by atoms with E-state index in [1.54, 1.807) is 0 Å². The molecule has 5 heteroatoms. The van der Waals surface area contributed by atoms with Crippen molar-refractivity contribution in [2.75, 3.05) is 18.4 Å². The number of anilines is 1. The number of aromatic nitrogens is 1. The van der Waals surface area contributed by atoms with Crippen molar-refractivity contribution in [2.45, 2.75) is 18.9 Å². The first-order chi connectivity index (χ1) is 10.6. The van der Waals surface area contributed by atoms with Crippen molar-refractivity contribution in [3.8, 4) is 0 Å². The molecule has 2 aromatic rings. The molecule has 0 saturated carbocycles. The number of likely N-dealkylation sites (tertiary alicyclic amines) is 1. The summed E-state index contributed by atoms with van der Waals surface area (Å²) < 4.78 is 3.16. The lowest BCUT2D eigenvalue weighted by atomic mass is 10.1. The number of amides is 1. The van der Waals surface area contributed by atoms with E-state index >= 15 is 0 Å². The van der Waals surface area contributed by atoms with E-state index in [2.05, 4.69) is 56.1 Å². The number of nitrogens with one attached hydrogen (secondary N) is 1. The van der Waals surface area contributed by atoms with Crippen LogP contribution in [0.3, 0.4) is 0 Å². The van der Waals surface area contributed by atoms with E-state index in [4.69, 9.17) is 0 Å². The number of halogens is 1.